The van der Waals surface area contributed by atoms with Gasteiger partial charge in [-0.15, -0.1) is 0 Å². The minimum absolute atomic E-state index is 0.109. The quantitative estimate of drug-likeness (QED) is 0.0490. The molecule has 2 rings (SSSR count). The van der Waals surface area contributed by atoms with Gasteiger partial charge in [0.1, 0.15) is 30.6 Å². The normalized spacial score (nSPS) is 17.9. The Labute approximate surface area is 316 Å². The number of nitrogens with one attached hydrogen (secondary N) is 3. The summed E-state index contributed by atoms with van der Waals surface area (Å²) in [6.07, 6.45) is -6.15. The molecule has 22 nitrogen and oxygen atoms in total. The van der Waals surface area contributed by atoms with Gasteiger partial charge in [0.15, 0.2) is 0 Å². The maximum atomic E-state index is 12.7. The number of pyridine rings is 1. The summed E-state index contributed by atoms with van der Waals surface area (Å²) in [4.78, 5) is 84.2. The van der Waals surface area contributed by atoms with Crippen molar-refractivity contribution in [2.45, 2.75) is 88.3 Å². The van der Waals surface area contributed by atoms with E-state index in [0.29, 0.717) is 11.4 Å². The van der Waals surface area contributed by atoms with Gasteiger partial charge >= 0.3 is 17.9 Å². The topological polar surface area (TPSA) is 343 Å². The molecule has 2 bridgehead atoms. The van der Waals surface area contributed by atoms with E-state index in [9.17, 15) is 59.4 Å². The van der Waals surface area contributed by atoms with Gasteiger partial charge in [0.25, 0.3) is 0 Å². The van der Waals surface area contributed by atoms with Gasteiger partial charge in [-0.3, -0.25) is 48.5 Å². The number of amides is 3. The highest BCUT2D eigenvalue weighted by molar-refractivity contribution is 5.80. The molecule has 6 atom stereocenters. The van der Waals surface area contributed by atoms with Crippen molar-refractivity contribution in [3.63, 3.8) is 0 Å². The van der Waals surface area contributed by atoms with E-state index in [1.165, 1.54) is 14.7 Å². The fourth-order valence-corrected chi connectivity index (χ4v) is 5.93. The van der Waals surface area contributed by atoms with Crippen molar-refractivity contribution in [2.24, 2.45) is 0 Å². The zero-order valence-electron chi connectivity index (χ0n) is 30.3. The van der Waals surface area contributed by atoms with Crippen molar-refractivity contribution in [1.29, 1.82) is 0 Å². The van der Waals surface area contributed by atoms with Crippen LogP contribution >= 0.6 is 0 Å². The molecule has 0 saturated carbocycles. The van der Waals surface area contributed by atoms with E-state index in [-0.39, 0.29) is 84.3 Å². The molecule has 2 heterocycles. The smallest absolute Gasteiger partial charge is 0.320 e. The number of hydrogen-bond donors (Lipinski definition) is 12. The van der Waals surface area contributed by atoms with Crippen LogP contribution in [0.2, 0.25) is 0 Å². The second kappa shape index (κ2) is 24.2. The largest absolute Gasteiger partial charge is 0.480 e. The number of aliphatic hydroxyl groups excluding tert-OH is 6. The summed E-state index contributed by atoms with van der Waals surface area (Å²) in [7, 11) is 0. The van der Waals surface area contributed by atoms with E-state index in [1.54, 1.807) is 18.2 Å². The first-order valence-electron chi connectivity index (χ1n) is 17.7. The van der Waals surface area contributed by atoms with Gasteiger partial charge in [-0.05, 0) is 31.4 Å². The Morgan fingerprint density at radius 3 is 1.36 bits per heavy atom. The third kappa shape index (κ3) is 16.9. The van der Waals surface area contributed by atoms with E-state index in [2.05, 4.69) is 20.9 Å². The van der Waals surface area contributed by atoms with Gasteiger partial charge in [-0.25, -0.2) is 0 Å². The van der Waals surface area contributed by atoms with Crippen LogP contribution in [0.15, 0.2) is 18.2 Å². The first kappa shape index (κ1) is 46.8. The molecule has 0 spiro atoms. The number of aromatic nitrogens is 1. The van der Waals surface area contributed by atoms with Crippen molar-refractivity contribution in [1.82, 2.24) is 35.6 Å². The standard InChI is InChI=1S/C33H53N7O15/c41-17-22(44)14-34-26(45)7-4-23(31(50)51)38-10-12-39(24(32(52)53)5-8-27(46)36-29(48)18-42)15-20-2-1-3-21(35-20)16-40(13-11-38)25(33(54)55)6-9-28(47)37-30(49)19-43/h1-3,22-25,29-30,41-44,48-49H,4-19H2,(H,34,45)(H,36,46)(H,37,47)(H,50,51)(H,52,53)(H,54,55). The number of rotatable bonds is 22. The van der Waals surface area contributed by atoms with Crippen molar-refractivity contribution < 1.29 is 74.7 Å². The predicted molar refractivity (Wildman–Crippen MR) is 187 cm³/mol. The van der Waals surface area contributed by atoms with Gasteiger partial charge < -0.3 is 61.9 Å². The Morgan fingerprint density at radius 2 is 0.982 bits per heavy atom. The molecule has 6 unspecified atom stereocenters. The molecule has 1 aliphatic rings. The van der Waals surface area contributed by atoms with Gasteiger partial charge in [0, 0.05) is 65.1 Å². The van der Waals surface area contributed by atoms with Gasteiger partial charge in [0.05, 0.1) is 37.3 Å². The highest BCUT2D eigenvalue weighted by atomic mass is 16.4. The second-order valence-electron chi connectivity index (χ2n) is 12.9. The lowest BCUT2D eigenvalue weighted by Gasteiger charge is -2.37. The number of fused-ring (bicyclic) bond motifs is 2. The zero-order valence-corrected chi connectivity index (χ0v) is 30.3. The molecule has 22 heteroatoms. The molecule has 0 radical (unpaired) electrons. The lowest BCUT2D eigenvalue weighted by molar-refractivity contribution is -0.147. The first-order valence-corrected chi connectivity index (χ1v) is 17.7. The highest BCUT2D eigenvalue weighted by Crippen LogP contribution is 2.19. The van der Waals surface area contributed by atoms with Crippen LogP contribution in [0.4, 0.5) is 0 Å². The molecule has 1 aromatic rings. The van der Waals surface area contributed by atoms with Crippen LogP contribution in [0.5, 0.6) is 0 Å². The summed E-state index contributed by atoms with van der Waals surface area (Å²) in [5.41, 5.74) is 0.716. The highest BCUT2D eigenvalue weighted by Gasteiger charge is 2.33. The minimum atomic E-state index is -1.55. The van der Waals surface area contributed by atoms with Gasteiger partial charge in [-0.2, -0.15) is 0 Å². The van der Waals surface area contributed by atoms with Crippen LogP contribution in [0.25, 0.3) is 0 Å². The summed E-state index contributed by atoms with van der Waals surface area (Å²) in [5, 5.41) is 93.4. The molecule has 0 aromatic carbocycles. The molecule has 1 aromatic heterocycles. The Morgan fingerprint density at radius 1 is 0.600 bits per heavy atom. The van der Waals surface area contributed by atoms with Crippen molar-refractivity contribution in [2.75, 3.05) is 52.5 Å². The van der Waals surface area contributed by atoms with Crippen molar-refractivity contribution in [3.8, 4) is 0 Å². The fraction of sp³-hybridized carbons (Fsp3) is 0.667. The number of hydrogen-bond acceptors (Lipinski definition) is 16. The van der Waals surface area contributed by atoms with Crippen molar-refractivity contribution in [3.05, 3.63) is 29.6 Å². The molecule has 1 aliphatic heterocycles. The average Bonchev–Trinajstić information content (AvgIpc) is 3.13. The number of aliphatic carboxylic acids is 3. The number of carboxylic acid groups (broad SMARTS) is 3. The third-order valence-electron chi connectivity index (χ3n) is 8.80. The molecule has 310 valence electrons. The molecular formula is C33H53N7O15. The number of aliphatic hydroxyl groups is 6. The molecular weight excluding hydrogens is 734 g/mol. The Bertz CT molecular complexity index is 1350. The van der Waals surface area contributed by atoms with E-state index in [0.717, 1.165) is 0 Å². The Hall–Kier alpha value is -4.39. The van der Waals surface area contributed by atoms with Crippen LogP contribution in [0, 0.1) is 0 Å². The van der Waals surface area contributed by atoms with Gasteiger partial charge in [-0.1, -0.05) is 6.07 Å². The molecule has 3 amide bonds. The van der Waals surface area contributed by atoms with E-state index in [1.807, 2.05) is 0 Å². The lowest BCUT2D eigenvalue weighted by atomic mass is 10.1. The summed E-state index contributed by atoms with van der Waals surface area (Å²) in [6.45, 7) is -3.12. The van der Waals surface area contributed by atoms with Crippen LogP contribution in [-0.2, 0) is 41.9 Å². The Balaban J connectivity index is 2.52. The van der Waals surface area contributed by atoms with Crippen LogP contribution in [-0.4, -0.2) is 191 Å². The molecule has 55 heavy (non-hydrogen) atoms. The first-order chi connectivity index (χ1) is 26.1. The molecule has 12 N–H and O–H groups in total. The number of carbonyl (C=O) groups excluding carboxylic acids is 3. The number of nitrogens with zero attached hydrogens (tertiary/aromatic N) is 4. The monoisotopic (exact) mass is 787 g/mol. The van der Waals surface area contributed by atoms with Crippen LogP contribution in [0.1, 0.15) is 49.9 Å². The maximum absolute atomic E-state index is 12.7. The van der Waals surface area contributed by atoms with Crippen LogP contribution < -0.4 is 16.0 Å². The summed E-state index contributed by atoms with van der Waals surface area (Å²) < 4.78 is 0. The van der Waals surface area contributed by atoms with E-state index >= 15 is 0 Å². The average molecular weight is 788 g/mol. The lowest BCUT2D eigenvalue weighted by Crippen LogP contribution is -2.52. The zero-order chi connectivity index (χ0) is 41.1. The number of carbonyl (C=O) groups is 6. The Kier molecular flexibility index (Phi) is 20.6. The summed E-state index contributed by atoms with van der Waals surface area (Å²) in [5.74, 6) is -6.04. The number of carboxylic acids is 3. The predicted octanol–water partition coefficient (Wildman–Crippen LogP) is -4.98. The van der Waals surface area contributed by atoms with Crippen LogP contribution in [0.3, 0.4) is 0 Å². The van der Waals surface area contributed by atoms with E-state index in [4.69, 9.17) is 15.3 Å². The van der Waals surface area contributed by atoms with E-state index < -0.39 is 92.1 Å². The minimum Gasteiger partial charge on any atom is -0.480 e. The van der Waals surface area contributed by atoms with Gasteiger partial charge in [0.2, 0.25) is 17.7 Å². The third-order valence-corrected chi connectivity index (χ3v) is 8.80. The fourth-order valence-electron chi connectivity index (χ4n) is 5.93. The molecule has 0 fully saturated rings. The maximum Gasteiger partial charge on any atom is 0.320 e. The molecule has 0 aliphatic carbocycles. The second-order valence-corrected chi connectivity index (χ2v) is 12.9. The summed E-state index contributed by atoms with van der Waals surface area (Å²) in [6, 6.07) is 0.845. The summed E-state index contributed by atoms with van der Waals surface area (Å²) >= 11 is 0. The van der Waals surface area contributed by atoms with Crippen molar-refractivity contribution >= 4 is 35.6 Å². The SMILES string of the molecule is O=C(CCC(C(=O)O)N1CCN(C(CCC(=O)NC(O)CO)C(=O)O)Cc2cccc(n2)CN(C(CCC(=O)NC(O)CO)C(=O)O)CC1)NCC(O)CO. The molecule has 0 saturated heterocycles.